The van der Waals surface area contributed by atoms with Gasteiger partial charge in [-0.15, -0.1) is 10.2 Å². The Bertz CT molecular complexity index is 2690. The quantitative estimate of drug-likeness (QED) is 0.0189. The van der Waals surface area contributed by atoms with Gasteiger partial charge in [0.15, 0.2) is 15.6 Å². The normalized spacial score (nSPS) is 12.4. The fourth-order valence-electron chi connectivity index (χ4n) is 4.81. The molecule has 0 aliphatic carbocycles. The Balaban J connectivity index is 1.50. The van der Waals surface area contributed by atoms with Crippen LogP contribution in [0.3, 0.4) is 0 Å². The van der Waals surface area contributed by atoms with Crippen LogP contribution < -0.4 is 15.6 Å². The smallest absolute Gasteiger partial charge is 0.397 e. The van der Waals surface area contributed by atoms with E-state index < -0.39 is 101 Å². The van der Waals surface area contributed by atoms with E-state index in [4.69, 9.17) is 4.55 Å². The first-order valence-corrected chi connectivity index (χ1v) is 20.8. The van der Waals surface area contributed by atoms with Gasteiger partial charge in [0.25, 0.3) is 10.1 Å². The molecule has 0 unspecified atom stereocenters. The first-order chi connectivity index (χ1) is 27.4. The van der Waals surface area contributed by atoms with Gasteiger partial charge in [0, 0.05) is 17.8 Å². The number of para-hydroxylation sites is 1. The lowest BCUT2D eigenvalue weighted by Crippen LogP contribution is -2.29. The van der Waals surface area contributed by atoms with E-state index in [2.05, 4.69) is 45.2 Å². The minimum Gasteiger partial charge on any atom is -0.504 e. The Morgan fingerprint density at radius 2 is 1.47 bits per heavy atom. The highest BCUT2D eigenvalue weighted by atomic mass is 32.3. The van der Waals surface area contributed by atoms with E-state index >= 15 is 4.39 Å². The minimum atomic E-state index is -4.99. The summed E-state index contributed by atoms with van der Waals surface area (Å²) in [6, 6.07) is 23.2. The number of azo groups is 1. The summed E-state index contributed by atoms with van der Waals surface area (Å²) in [5.74, 6) is -4.81. The third kappa shape index (κ3) is 12.0. The number of hydrogen-bond acceptors (Lipinski definition) is 17. The van der Waals surface area contributed by atoms with Gasteiger partial charge in [0.05, 0.1) is 34.3 Å². The molecule has 0 bridgehead atoms. The maximum absolute atomic E-state index is 15.0. The second-order valence-electron chi connectivity index (χ2n) is 11.5. The van der Waals surface area contributed by atoms with Crippen molar-refractivity contribution in [1.29, 1.82) is 0 Å². The van der Waals surface area contributed by atoms with E-state index in [0.717, 1.165) is 12.1 Å². The summed E-state index contributed by atoms with van der Waals surface area (Å²) in [5.41, 5.74) is 1.88. The molecule has 0 radical (unpaired) electrons. The maximum Gasteiger partial charge on any atom is 0.397 e. The highest BCUT2D eigenvalue weighted by Crippen LogP contribution is 2.37. The van der Waals surface area contributed by atoms with Crippen molar-refractivity contribution in [3.05, 3.63) is 114 Å². The van der Waals surface area contributed by atoms with Crippen molar-refractivity contribution in [1.82, 2.24) is 15.0 Å². The van der Waals surface area contributed by atoms with Gasteiger partial charge in [-0.2, -0.15) is 41.3 Å². The molecule has 4 aromatic carbocycles. The number of carboxylic acids is 1. The largest absolute Gasteiger partial charge is 0.504 e. The molecule has 25 heteroatoms. The van der Waals surface area contributed by atoms with Gasteiger partial charge in [-0.1, -0.05) is 60.7 Å². The molecule has 0 atom stereocenters. The van der Waals surface area contributed by atoms with Crippen LogP contribution in [0.15, 0.2) is 117 Å². The number of carbonyl (C=O) groups is 1. The summed E-state index contributed by atoms with van der Waals surface area (Å²) in [4.78, 5) is 23.4. The standard InChI is InChI=1S/C33H30FN9O12S3/c34-31-36-32(38-33(37-31)43(22-11-5-2-6-12-22)15-17-56(47,48)18-16-55-58(52,53)54)35-26-19-23(57(49,50)51)20-27(28(26)44)40-42-29(21-9-3-1-4-10-21)41-39-25-14-8-7-13-24(25)30(45)46/h1-14,19-20,40,44H,15-18H2,(H,45,46)(H,49,50,51)(H,52,53,54)(H,35,36,37,38). The molecule has 0 fully saturated rings. The number of amidine groups is 1. The number of benzene rings is 4. The number of hydrogen-bond donors (Lipinski definition) is 6. The van der Waals surface area contributed by atoms with Crippen LogP contribution in [0.25, 0.3) is 0 Å². The summed E-state index contributed by atoms with van der Waals surface area (Å²) in [7, 11) is -14.0. The Hall–Kier alpha value is -6.51. The number of nitrogens with zero attached hydrogens (tertiary/aromatic N) is 7. The lowest BCUT2D eigenvalue weighted by molar-refractivity contribution is 0.0697. The van der Waals surface area contributed by atoms with Crippen LogP contribution in [0, 0.1) is 6.08 Å². The van der Waals surface area contributed by atoms with Crippen molar-refractivity contribution >= 4 is 76.8 Å². The Kier molecular flexibility index (Phi) is 13.4. The average Bonchev–Trinajstić information content (AvgIpc) is 3.15. The number of halogens is 1. The monoisotopic (exact) mass is 859 g/mol. The van der Waals surface area contributed by atoms with Gasteiger partial charge in [0.1, 0.15) is 11.4 Å². The van der Waals surface area contributed by atoms with Crippen LogP contribution in [0.4, 0.5) is 39.0 Å². The van der Waals surface area contributed by atoms with Crippen LogP contribution in [0.5, 0.6) is 5.75 Å². The summed E-state index contributed by atoms with van der Waals surface area (Å²) in [6.07, 6.45) is -1.41. The fraction of sp³-hybridized carbons (Fsp3) is 0.121. The molecule has 304 valence electrons. The summed E-state index contributed by atoms with van der Waals surface area (Å²) in [6.45, 7) is -1.31. The number of aromatic nitrogens is 3. The van der Waals surface area contributed by atoms with Gasteiger partial charge in [0.2, 0.25) is 17.7 Å². The van der Waals surface area contributed by atoms with Crippen LogP contribution in [-0.4, -0.2) is 96.0 Å². The minimum absolute atomic E-state index is 0.0250. The van der Waals surface area contributed by atoms with E-state index in [0.29, 0.717) is 5.56 Å². The topological polar surface area (TPSA) is 313 Å². The zero-order valence-electron chi connectivity index (χ0n) is 29.4. The van der Waals surface area contributed by atoms with Crippen LogP contribution in [0.1, 0.15) is 15.9 Å². The zero-order valence-corrected chi connectivity index (χ0v) is 31.8. The third-order valence-electron chi connectivity index (χ3n) is 7.49. The van der Waals surface area contributed by atoms with Gasteiger partial charge in [-0.05, 0) is 36.4 Å². The number of aromatic carboxylic acids is 1. The molecule has 0 aliphatic heterocycles. The second kappa shape index (κ2) is 18.2. The summed E-state index contributed by atoms with van der Waals surface area (Å²) >= 11 is 0. The molecule has 0 amide bonds. The predicted molar refractivity (Wildman–Crippen MR) is 205 cm³/mol. The number of sulfone groups is 1. The molecule has 58 heavy (non-hydrogen) atoms. The number of nitrogens with one attached hydrogen (secondary N) is 2. The molecular weight excluding hydrogens is 830 g/mol. The highest BCUT2D eigenvalue weighted by molar-refractivity contribution is 7.91. The lowest BCUT2D eigenvalue weighted by Gasteiger charge is -2.23. The SMILES string of the molecule is O=C(O)c1ccccc1N=NC(=NNc1cc(S(=O)(=O)O)cc(Nc2nc(F)nc(N(CCS(=O)(=O)CCOS(=O)(=O)O)c3ccccc3)n2)c1O)c1ccccc1. The maximum atomic E-state index is 15.0. The van der Waals surface area contributed by atoms with E-state index in [1.807, 2.05) is 0 Å². The molecule has 0 saturated carbocycles. The number of rotatable bonds is 17. The number of aromatic hydroxyl groups is 1. The van der Waals surface area contributed by atoms with Crippen molar-refractivity contribution in [2.45, 2.75) is 4.90 Å². The zero-order chi connectivity index (χ0) is 42.1. The van der Waals surface area contributed by atoms with Crippen molar-refractivity contribution < 1.29 is 57.9 Å². The molecule has 5 rings (SSSR count). The number of phenolic OH excluding ortho intramolecular Hbond substituents is 1. The predicted octanol–water partition coefficient (Wildman–Crippen LogP) is 4.33. The molecule has 6 N–H and O–H groups in total. The van der Waals surface area contributed by atoms with Gasteiger partial charge in [-0.3, -0.25) is 14.5 Å². The molecule has 21 nitrogen and oxygen atoms in total. The second-order valence-corrected chi connectivity index (χ2v) is 16.3. The third-order valence-corrected chi connectivity index (χ3v) is 10.4. The van der Waals surface area contributed by atoms with Crippen LogP contribution >= 0.6 is 0 Å². The number of anilines is 5. The van der Waals surface area contributed by atoms with Crippen molar-refractivity contribution in [3.8, 4) is 5.75 Å². The molecule has 0 spiro atoms. The summed E-state index contributed by atoms with van der Waals surface area (Å²) < 4.78 is 110. The van der Waals surface area contributed by atoms with Gasteiger partial charge >= 0.3 is 22.4 Å². The lowest BCUT2D eigenvalue weighted by atomic mass is 10.2. The Morgan fingerprint density at radius 3 is 2.12 bits per heavy atom. The molecule has 0 saturated heterocycles. The molecule has 1 aromatic heterocycles. The first kappa shape index (κ1) is 42.6. The van der Waals surface area contributed by atoms with E-state index in [9.17, 15) is 44.8 Å². The van der Waals surface area contributed by atoms with Crippen molar-refractivity contribution in [3.63, 3.8) is 0 Å². The van der Waals surface area contributed by atoms with E-state index in [1.54, 1.807) is 48.5 Å². The Morgan fingerprint density at radius 1 is 0.828 bits per heavy atom. The van der Waals surface area contributed by atoms with Gasteiger partial charge < -0.3 is 20.4 Å². The molecule has 0 aliphatic rings. The molecule has 5 aromatic rings. The number of carboxylic acid groups (broad SMARTS) is 1. The molecule has 1 heterocycles. The van der Waals surface area contributed by atoms with Gasteiger partial charge in [-0.25, -0.2) is 17.4 Å². The highest BCUT2D eigenvalue weighted by Gasteiger charge is 2.23. The first-order valence-electron chi connectivity index (χ1n) is 16.2. The van der Waals surface area contributed by atoms with Crippen molar-refractivity contribution in [2.75, 3.05) is 40.3 Å². The van der Waals surface area contributed by atoms with Crippen LogP contribution in [-0.2, 0) is 34.5 Å². The number of hydrazone groups is 1. The summed E-state index contributed by atoms with van der Waals surface area (Å²) in [5, 5.41) is 35.4. The average molecular weight is 860 g/mol. The van der Waals surface area contributed by atoms with Crippen LogP contribution in [0.2, 0.25) is 0 Å². The van der Waals surface area contributed by atoms with E-state index in [-0.39, 0.29) is 22.8 Å². The number of phenols is 1. The molecular formula is C33H30FN9O12S3. The Labute approximate surface area is 329 Å². The van der Waals surface area contributed by atoms with Crippen molar-refractivity contribution in [2.24, 2.45) is 15.3 Å². The fourth-order valence-corrected chi connectivity index (χ4v) is 6.75. The van der Waals surface area contributed by atoms with E-state index in [1.165, 1.54) is 41.3 Å².